The van der Waals surface area contributed by atoms with E-state index in [2.05, 4.69) is 9.67 Å². The number of nitrogens with zero attached hydrogens (tertiary/aromatic N) is 3. The third-order valence-corrected chi connectivity index (χ3v) is 5.03. The minimum absolute atomic E-state index is 0.148. The number of aromatic nitrogens is 3. The summed E-state index contributed by atoms with van der Waals surface area (Å²) in [5, 5.41) is 5.90. The number of fused-ring (bicyclic) bond motifs is 1. The second kappa shape index (κ2) is 6.88. The van der Waals surface area contributed by atoms with E-state index in [1.165, 1.54) is 4.68 Å². The Labute approximate surface area is 162 Å². The Morgan fingerprint density at radius 1 is 0.857 bits per heavy atom. The molecular formula is C22H21N3O3. The average molecular weight is 375 g/mol. The maximum absolute atomic E-state index is 13.3. The van der Waals surface area contributed by atoms with Gasteiger partial charge in [0.1, 0.15) is 11.5 Å². The van der Waals surface area contributed by atoms with Crippen LogP contribution in [0.25, 0.3) is 22.1 Å². The van der Waals surface area contributed by atoms with Gasteiger partial charge in [0.2, 0.25) is 0 Å². The molecule has 6 heteroatoms. The van der Waals surface area contributed by atoms with Gasteiger partial charge in [0.25, 0.3) is 5.56 Å². The third kappa shape index (κ3) is 2.74. The molecule has 0 atom stereocenters. The van der Waals surface area contributed by atoms with E-state index < -0.39 is 0 Å². The zero-order valence-electron chi connectivity index (χ0n) is 16.3. The Bertz CT molecular complexity index is 1220. The molecule has 0 saturated carbocycles. The molecule has 2 aromatic heterocycles. The molecule has 4 rings (SSSR count). The molecule has 28 heavy (non-hydrogen) atoms. The van der Waals surface area contributed by atoms with Crippen LogP contribution in [0.3, 0.4) is 0 Å². The molecule has 0 unspecified atom stereocenters. The van der Waals surface area contributed by atoms with Crippen LogP contribution in [0.4, 0.5) is 0 Å². The summed E-state index contributed by atoms with van der Waals surface area (Å²) < 4.78 is 14.0. The number of hydrogen-bond acceptors (Lipinski definition) is 4. The number of benzene rings is 2. The molecule has 0 saturated heterocycles. The molecule has 2 aromatic carbocycles. The lowest BCUT2D eigenvalue weighted by atomic mass is 10.2. The smallest absolute Gasteiger partial charge is 0.281 e. The topological polar surface area (TPSA) is 58.3 Å². The Morgan fingerprint density at radius 2 is 1.57 bits per heavy atom. The fourth-order valence-electron chi connectivity index (χ4n) is 3.61. The monoisotopic (exact) mass is 375 g/mol. The summed E-state index contributed by atoms with van der Waals surface area (Å²) in [6.07, 6.45) is 1.75. The van der Waals surface area contributed by atoms with Gasteiger partial charge in [-0.1, -0.05) is 6.07 Å². The highest BCUT2D eigenvalue weighted by Crippen LogP contribution is 2.28. The first-order valence-corrected chi connectivity index (χ1v) is 8.94. The summed E-state index contributed by atoms with van der Waals surface area (Å²) in [6, 6.07) is 15.0. The molecule has 6 nitrogen and oxygen atoms in total. The molecular weight excluding hydrogens is 354 g/mol. The first kappa shape index (κ1) is 17.9. The zero-order valence-corrected chi connectivity index (χ0v) is 16.3. The van der Waals surface area contributed by atoms with E-state index in [4.69, 9.17) is 9.47 Å². The summed E-state index contributed by atoms with van der Waals surface area (Å²) in [7, 11) is 3.25. The zero-order chi connectivity index (χ0) is 19.8. The van der Waals surface area contributed by atoms with Crippen LogP contribution in [0, 0.1) is 13.8 Å². The highest BCUT2D eigenvalue weighted by Gasteiger charge is 2.18. The van der Waals surface area contributed by atoms with Gasteiger partial charge in [0.15, 0.2) is 0 Å². The van der Waals surface area contributed by atoms with Crippen molar-refractivity contribution in [2.75, 3.05) is 14.2 Å². The van der Waals surface area contributed by atoms with Crippen LogP contribution >= 0.6 is 0 Å². The Kier molecular flexibility index (Phi) is 4.39. The lowest BCUT2D eigenvalue weighted by molar-refractivity contribution is 0.414. The second-order valence-corrected chi connectivity index (χ2v) is 6.56. The first-order chi connectivity index (χ1) is 13.5. The quantitative estimate of drug-likeness (QED) is 0.544. The molecule has 0 aliphatic carbocycles. The van der Waals surface area contributed by atoms with Gasteiger partial charge < -0.3 is 14.0 Å². The van der Waals surface area contributed by atoms with Crippen molar-refractivity contribution < 1.29 is 9.47 Å². The SMILES string of the molecule is COc1ccc(-n2ncc3c(C)n(-c4cccc(OC)c4)c(C)c3c2=O)cc1. The Balaban J connectivity index is 1.94. The predicted octanol–water partition coefficient (Wildman–Crippen LogP) is 3.81. The third-order valence-electron chi connectivity index (χ3n) is 5.03. The van der Waals surface area contributed by atoms with Crippen molar-refractivity contribution in [3.05, 3.63) is 76.5 Å². The van der Waals surface area contributed by atoms with Crippen LogP contribution in [-0.4, -0.2) is 28.6 Å². The first-order valence-electron chi connectivity index (χ1n) is 8.94. The maximum atomic E-state index is 13.3. The molecule has 142 valence electrons. The lowest BCUT2D eigenvalue weighted by Crippen LogP contribution is -2.21. The summed E-state index contributed by atoms with van der Waals surface area (Å²) in [4.78, 5) is 13.3. The molecule has 2 heterocycles. The molecule has 0 fully saturated rings. The fourth-order valence-corrected chi connectivity index (χ4v) is 3.61. The Hall–Kier alpha value is -3.54. The molecule has 4 aromatic rings. The van der Waals surface area contributed by atoms with Gasteiger partial charge in [0.05, 0.1) is 31.5 Å². The van der Waals surface area contributed by atoms with Crippen molar-refractivity contribution in [2.24, 2.45) is 0 Å². The average Bonchev–Trinajstić information content (AvgIpc) is 2.99. The molecule has 0 bridgehead atoms. The second-order valence-electron chi connectivity index (χ2n) is 6.56. The number of aryl methyl sites for hydroxylation is 2. The lowest BCUT2D eigenvalue weighted by Gasteiger charge is -2.10. The molecule has 0 N–H and O–H groups in total. The standard InChI is InChI=1S/C22H21N3O3/c1-14-20-13-23-25(16-8-10-18(27-3)11-9-16)22(26)21(20)15(2)24(14)17-6-5-7-19(12-17)28-4/h5-13H,1-4H3. The Morgan fingerprint density at radius 3 is 2.25 bits per heavy atom. The van der Waals surface area contributed by atoms with E-state index in [0.717, 1.165) is 34.0 Å². The molecule has 0 amide bonds. The summed E-state index contributed by atoms with van der Waals surface area (Å²) >= 11 is 0. The van der Waals surface area contributed by atoms with Gasteiger partial charge in [-0.15, -0.1) is 0 Å². The van der Waals surface area contributed by atoms with Gasteiger partial charge in [0, 0.05) is 28.5 Å². The maximum Gasteiger partial charge on any atom is 0.281 e. The van der Waals surface area contributed by atoms with E-state index in [-0.39, 0.29) is 5.56 Å². The van der Waals surface area contributed by atoms with Gasteiger partial charge in [-0.05, 0) is 50.2 Å². The van der Waals surface area contributed by atoms with Crippen LogP contribution in [-0.2, 0) is 0 Å². The van der Waals surface area contributed by atoms with Crippen molar-refractivity contribution >= 4 is 10.8 Å². The van der Waals surface area contributed by atoms with Gasteiger partial charge in [-0.25, -0.2) is 0 Å². The minimum atomic E-state index is -0.148. The van der Waals surface area contributed by atoms with Crippen molar-refractivity contribution in [1.82, 2.24) is 14.3 Å². The summed E-state index contributed by atoms with van der Waals surface area (Å²) in [6.45, 7) is 3.95. The fraction of sp³-hybridized carbons (Fsp3) is 0.182. The van der Waals surface area contributed by atoms with Crippen molar-refractivity contribution in [1.29, 1.82) is 0 Å². The summed E-state index contributed by atoms with van der Waals surface area (Å²) in [5.41, 5.74) is 3.33. The number of methoxy groups -OCH3 is 2. The van der Waals surface area contributed by atoms with Crippen molar-refractivity contribution in [2.45, 2.75) is 13.8 Å². The van der Waals surface area contributed by atoms with Gasteiger partial charge >= 0.3 is 0 Å². The van der Waals surface area contributed by atoms with Crippen LogP contribution in [0.1, 0.15) is 11.4 Å². The highest BCUT2D eigenvalue weighted by molar-refractivity contribution is 5.88. The predicted molar refractivity (Wildman–Crippen MR) is 109 cm³/mol. The highest BCUT2D eigenvalue weighted by atomic mass is 16.5. The van der Waals surface area contributed by atoms with E-state index in [1.54, 1.807) is 20.4 Å². The van der Waals surface area contributed by atoms with E-state index in [9.17, 15) is 4.79 Å². The van der Waals surface area contributed by atoms with Crippen LogP contribution in [0.15, 0.2) is 59.5 Å². The van der Waals surface area contributed by atoms with E-state index in [0.29, 0.717) is 11.1 Å². The van der Waals surface area contributed by atoms with Crippen LogP contribution in [0.2, 0.25) is 0 Å². The van der Waals surface area contributed by atoms with E-state index in [1.807, 2.05) is 62.4 Å². The van der Waals surface area contributed by atoms with Gasteiger partial charge in [-0.2, -0.15) is 9.78 Å². The largest absolute Gasteiger partial charge is 0.497 e. The van der Waals surface area contributed by atoms with Gasteiger partial charge in [-0.3, -0.25) is 4.79 Å². The minimum Gasteiger partial charge on any atom is -0.497 e. The molecule has 0 aliphatic rings. The molecule has 0 aliphatic heterocycles. The van der Waals surface area contributed by atoms with Crippen LogP contribution in [0.5, 0.6) is 11.5 Å². The van der Waals surface area contributed by atoms with Crippen molar-refractivity contribution in [3.8, 4) is 22.9 Å². The number of ether oxygens (including phenoxy) is 2. The van der Waals surface area contributed by atoms with Crippen LogP contribution < -0.4 is 15.0 Å². The van der Waals surface area contributed by atoms with Crippen molar-refractivity contribution in [3.63, 3.8) is 0 Å². The van der Waals surface area contributed by atoms with E-state index >= 15 is 0 Å². The number of hydrogen-bond donors (Lipinski definition) is 0. The molecule has 0 spiro atoms. The summed E-state index contributed by atoms with van der Waals surface area (Å²) in [5.74, 6) is 1.50. The molecule has 0 radical (unpaired) electrons. The normalized spacial score (nSPS) is 11.0. The number of rotatable bonds is 4.